The number of aromatic nitrogens is 2. The van der Waals surface area contributed by atoms with E-state index in [0.29, 0.717) is 0 Å². The van der Waals surface area contributed by atoms with Gasteiger partial charge in [-0.2, -0.15) is 0 Å². The lowest BCUT2D eigenvalue weighted by atomic mass is 9.96. The molecule has 37 heavy (non-hydrogen) atoms. The lowest BCUT2D eigenvalue weighted by Gasteiger charge is -2.14. The van der Waals surface area contributed by atoms with Gasteiger partial charge >= 0.3 is 0 Å². The average Bonchev–Trinajstić information content (AvgIpc) is 3.33. The molecule has 0 amide bonds. The van der Waals surface area contributed by atoms with Crippen molar-refractivity contribution in [2.75, 3.05) is 0 Å². The third kappa shape index (κ3) is 4.60. The van der Waals surface area contributed by atoms with Gasteiger partial charge < -0.3 is 4.57 Å². The average molecular weight is 478 g/mol. The molecule has 178 valence electrons. The highest BCUT2D eigenvalue weighted by molar-refractivity contribution is 6.03. The van der Waals surface area contributed by atoms with E-state index in [4.69, 9.17) is 9.98 Å². The molecule has 6 rings (SSSR count). The summed E-state index contributed by atoms with van der Waals surface area (Å²) in [5.41, 5.74) is 9.64. The summed E-state index contributed by atoms with van der Waals surface area (Å²) < 4.78 is 2.27. The van der Waals surface area contributed by atoms with E-state index in [-0.39, 0.29) is 0 Å². The Morgan fingerprint density at radius 3 is 1.78 bits per heavy atom. The van der Waals surface area contributed by atoms with Gasteiger partial charge in [0.1, 0.15) is 0 Å². The van der Waals surface area contributed by atoms with Crippen LogP contribution in [0.2, 0.25) is 0 Å². The minimum atomic E-state index is 0.732. The second-order valence-electron chi connectivity index (χ2n) is 9.13. The van der Waals surface area contributed by atoms with Gasteiger partial charge in [-0.05, 0) is 35.7 Å². The Morgan fingerprint density at radius 1 is 0.622 bits per heavy atom. The highest BCUT2D eigenvalue weighted by atomic mass is 15.1. The number of benzene rings is 5. The van der Waals surface area contributed by atoms with Crippen LogP contribution < -0.4 is 0 Å². The van der Waals surface area contributed by atoms with Gasteiger partial charge in [0.2, 0.25) is 0 Å². The zero-order valence-corrected chi connectivity index (χ0v) is 20.8. The summed E-state index contributed by atoms with van der Waals surface area (Å²) in [7, 11) is 0. The highest BCUT2D eigenvalue weighted by Crippen LogP contribution is 2.39. The van der Waals surface area contributed by atoms with Gasteiger partial charge in [-0.1, -0.05) is 121 Å². The fourth-order valence-electron chi connectivity index (χ4n) is 4.86. The maximum absolute atomic E-state index is 5.31. The largest absolute Gasteiger partial charge is 0.318 e. The summed E-state index contributed by atoms with van der Waals surface area (Å²) in [6.45, 7) is 2.80. The third-order valence-corrected chi connectivity index (χ3v) is 6.65. The quantitative estimate of drug-likeness (QED) is 0.221. The molecule has 0 spiro atoms. The number of imidazole rings is 1. The van der Waals surface area contributed by atoms with E-state index in [2.05, 4.69) is 127 Å². The van der Waals surface area contributed by atoms with Crippen molar-refractivity contribution in [2.24, 2.45) is 4.99 Å². The first kappa shape index (κ1) is 22.7. The molecule has 0 aliphatic rings. The van der Waals surface area contributed by atoms with Gasteiger partial charge in [-0.25, -0.2) is 9.98 Å². The first-order valence-corrected chi connectivity index (χ1v) is 12.6. The highest BCUT2D eigenvalue weighted by Gasteiger charge is 2.16. The first-order valence-electron chi connectivity index (χ1n) is 12.6. The SMILES string of the molecule is CC(=Nc1c(-c2ccccc2)cccc1-c1ccccc1)c1nc2ccccc2n1Cc1ccccc1. The van der Waals surface area contributed by atoms with Crippen molar-refractivity contribution in [1.82, 2.24) is 9.55 Å². The summed E-state index contributed by atoms with van der Waals surface area (Å²) >= 11 is 0. The number of rotatable bonds is 6. The zero-order valence-electron chi connectivity index (χ0n) is 20.8. The van der Waals surface area contributed by atoms with Crippen LogP contribution in [0.4, 0.5) is 5.69 Å². The predicted octanol–water partition coefficient (Wildman–Crippen LogP) is 8.56. The van der Waals surface area contributed by atoms with Crippen molar-refractivity contribution in [3.8, 4) is 22.3 Å². The van der Waals surface area contributed by atoms with E-state index in [1.807, 2.05) is 18.2 Å². The van der Waals surface area contributed by atoms with Gasteiger partial charge in [0.05, 0.1) is 22.4 Å². The normalized spacial score (nSPS) is 11.6. The minimum absolute atomic E-state index is 0.732. The van der Waals surface area contributed by atoms with Crippen LogP contribution in [0.1, 0.15) is 18.3 Å². The predicted molar refractivity (Wildman–Crippen MR) is 154 cm³/mol. The van der Waals surface area contributed by atoms with E-state index in [0.717, 1.165) is 57.1 Å². The Bertz CT molecular complexity index is 1620. The zero-order chi connectivity index (χ0) is 25.0. The van der Waals surface area contributed by atoms with Crippen molar-refractivity contribution in [1.29, 1.82) is 0 Å². The maximum Gasteiger partial charge on any atom is 0.155 e. The van der Waals surface area contributed by atoms with Gasteiger partial charge in [-0.3, -0.25) is 0 Å². The monoisotopic (exact) mass is 477 g/mol. The Kier molecular flexibility index (Phi) is 6.18. The molecule has 6 aromatic rings. The van der Waals surface area contributed by atoms with E-state index >= 15 is 0 Å². The molecular formula is C34H27N3. The van der Waals surface area contributed by atoms with Crippen LogP contribution in [0, 0.1) is 0 Å². The summed E-state index contributed by atoms with van der Waals surface area (Å²) in [4.78, 5) is 10.4. The van der Waals surface area contributed by atoms with E-state index in [1.165, 1.54) is 5.56 Å². The Labute approximate surface area is 217 Å². The third-order valence-electron chi connectivity index (χ3n) is 6.65. The summed E-state index contributed by atoms with van der Waals surface area (Å²) in [5.74, 6) is 0.881. The first-order chi connectivity index (χ1) is 18.3. The fourth-order valence-corrected chi connectivity index (χ4v) is 4.86. The molecule has 0 N–H and O–H groups in total. The topological polar surface area (TPSA) is 30.2 Å². The summed E-state index contributed by atoms with van der Waals surface area (Å²) in [5, 5.41) is 0. The Balaban J connectivity index is 1.55. The number of fused-ring (bicyclic) bond motifs is 1. The number of hydrogen-bond acceptors (Lipinski definition) is 2. The maximum atomic E-state index is 5.31. The molecule has 0 aliphatic heterocycles. The second-order valence-corrected chi connectivity index (χ2v) is 9.13. The van der Waals surface area contributed by atoms with Crippen molar-refractivity contribution in [2.45, 2.75) is 13.5 Å². The van der Waals surface area contributed by atoms with Crippen LogP contribution in [0.3, 0.4) is 0 Å². The molecule has 3 nitrogen and oxygen atoms in total. The van der Waals surface area contributed by atoms with Gasteiger partial charge in [-0.15, -0.1) is 0 Å². The molecule has 0 saturated carbocycles. The van der Waals surface area contributed by atoms with Gasteiger partial charge in [0, 0.05) is 17.7 Å². The molecule has 0 saturated heterocycles. The molecular weight excluding hydrogens is 450 g/mol. The number of aliphatic imine (C=N–C) groups is 1. The molecule has 0 atom stereocenters. The lowest BCUT2D eigenvalue weighted by Crippen LogP contribution is -2.10. The molecule has 1 aromatic heterocycles. The van der Waals surface area contributed by atoms with Crippen LogP contribution in [0.5, 0.6) is 0 Å². The van der Waals surface area contributed by atoms with Crippen molar-refractivity contribution >= 4 is 22.4 Å². The van der Waals surface area contributed by atoms with Crippen molar-refractivity contribution in [3.63, 3.8) is 0 Å². The smallest absolute Gasteiger partial charge is 0.155 e. The van der Waals surface area contributed by atoms with Crippen LogP contribution in [0.15, 0.2) is 138 Å². The molecule has 5 aromatic carbocycles. The summed E-state index contributed by atoms with van der Waals surface area (Å²) in [6.07, 6.45) is 0. The van der Waals surface area contributed by atoms with E-state index in [1.54, 1.807) is 0 Å². The minimum Gasteiger partial charge on any atom is -0.318 e. The van der Waals surface area contributed by atoms with E-state index in [9.17, 15) is 0 Å². The van der Waals surface area contributed by atoms with Gasteiger partial charge in [0.25, 0.3) is 0 Å². The van der Waals surface area contributed by atoms with Crippen LogP contribution in [-0.2, 0) is 6.54 Å². The molecule has 3 heteroatoms. The number of hydrogen-bond donors (Lipinski definition) is 0. The van der Waals surface area contributed by atoms with Crippen molar-refractivity contribution < 1.29 is 0 Å². The van der Waals surface area contributed by atoms with Crippen LogP contribution in [0.25, 0.3) is 33.3 Å². The fraction of sp³-hybridized carbons (Fsp3) is 0.0588. The van der Waals surface area contributed by atoms with Gasteiger partial charge in [0.15, 0.2) is 5.82 Å². The standard InChI is InChI=1S/C34H27N3/c1-25(34-36-31-22-11-12-23-32(31)37(34)24-26-14-5-2-6-15-26)35-33-29(27-16-7-3-8-17-27)20-13-21-30(33)28-18-9-4-10-19-28/h2-23H,24H2,1H3. The number of para-hydroxylation sites is 3. The summed E-state index contributed by atoms with van der Waals surface area (Å²) in [6, 6.07) is 46.2. The molecule has 0 radical (unpaired) electrons. The van der Waals surface area contributed by atoms with Crippen LogP contribution in [-0.4, -0.2) is 15.3 Å². The molecule has 0 bridgehead atoms. The van der Waals surface area contributed by atoms with E-state index < -0.39 is 0 Å². The molecule has 0 unspecified atom stereocenters. The Hall–Kier alpha value is -4.76. The molecule has 0 aliphatic carbocycles. The van der Waals surface area contributed by atoms with Crippen LogP contribution >= 0.6 is 0 Å². The Morgan fingerprint density at radius 2 is 1.16 bits per heavy atom. The second kappa shape index (κ2) is 10.1. The lowest BCUT2D eigenvalue weighted by molar-refractivity contribution is 0.813. The molecule has 0 fully saturated rings. The number of nitrogens with zero attached hydrogens (tertiary/aromatic N) is 3. The van der Waals surface area contributed by atoms with Crippen molar-refractivity contribution in [3.05, 3.63) is 145 Å². The molecule has 1 heterocycles.